The molecule has 1 aliphatic heterocycles. The lowest BCUT2D eigenvalue weighted by Crippen LogP contribution is -2.25. The van der Waals surface area contributed by atoms with Gasteiger partial charge in [-0.15, -0.1) is 0 Å². The molecule has 7 heteroatoms. The molecule has 122 valence electrons. The van der Waals surface area contributed by atoms with E-state index in [4.69, 9.17) is 0 Å². The Morgan fingerprint density at radius 3 is 2.57 bits per heavy atom. The van der Waals surface area contributed by atoms with Gasteiger partial charge in [0.1, 0.15) is 5.82 Å². The number of β-amino-alcohol motifs (C(OH)–C–C–N with tert-alkyl or cyclic N) is 1. The van der Waals surface area contributed by atoms with Gasteiger partial charge < -0.3 is 10.0 Å². The molecule has 3 heterocycles. The lowest BCUT2D eigenvalue weighted by Gasteiger charge is -2.21. The van der Waals surface area contributed by atoms with E-state index in [1.165, 1.54) is 17.2 Å². The van der Waals surface area contributed by atoms with Crippen molar-refractivity contribution in [1.29, 1.82) is 0 Å². The van der Waals surface area contributed by atoms with Crippen molar-refractivity contribution in [3.63, 3.8) is 0 Å². The van der Waals surface area contributed by atoms with E-state index in [1.54, 1.807) is 12.3 Å². The van der Waals surface area contributed by atoms with E-state index in [9.17, 15) is 18.3 Å². The van der Waals surface area contributed by atoms with Crippen molar-refractivity contribution in [3.05, 3.63) is 54.0 Å². The van der Waals surface area contributed by atoms with Crippen LogP contribution in [0.5, 0.6) is 0 Å². The summed E-state index contributed by atoms with van der Waals surface area (Å²) in [6, 6.07) is 7.77. The van der Waals surface area contributed by atoms with Gasteiger partial charge in [-0.2, -0.15) is 13.2 Å². The maximum atomic E-state index is 13.1. The predicted octanol–water partition coefficient (Wildman–Crippen LogP) is 2.54. The molecule has 0 aliphatic carbocycles. The number of hydrogen-bond donors (Lipinski definition) is 1. The Morgan fingerprint density at radius 2 is 1.87 bits per heavy atom. The monoisotopic (exact) mass is 323 g/mol. The van der Waals surface area contributed by atoms with E-state index in [0.717, 1.165) is 11.8 Å². The van der Waals surface area contributed by atoms with E-state index in [2.05, 4.69) is 9.97 Å². The molecule has 1 saturated heterocycles. The smallest absolute Gasteiger partial charge is 0.391 e. The SMILES string of the molecule is O[C@@H]1CN(c2ncccc2C(F)(F)F)C[C@H]1Cc1ccccn1. The minimum Gasteiger partial charge on any atom is -0.391 e. The Kier molecular flexibility index (Phi) is 4.21. The zero-order valence-corrected chi connectivity index (χ0v) is 12.2. The number of hydrogen-bond acceptors (Lipinski definition) is 4. The number of aliphatic hydroxyl groups excluding tert-OH is 1. The van der Waals surface area contributed by atoms with Gasteiger partial charge in [0.15, 0.2) is 0 Å². The second-order valence-electron chi connectivity index (χ2n) is 5.63. The Hall–Kier alpha value is -2.15. The van der Waals surface area contributed by atoms with Crippen molar-refractivity contribution < 1.29 is 18.3 Å². The highest BCUT2D eigenvalue weighted by molar-refractivity contribution is 5.49. The van der Waals surface area contributed by atoms with Gasteiger partial charge in [0.05, 0.1) is 11.7 Å². The van der Waals surface area contributed by atoms with Gasteiger partial charge in [0.25, 0.3) is 0 Å². The third-order valence-corrected chi connectivity index (χ3v) is 4.00. The molecule has 2 aromatic heterocycles. The van der Waals surface area contributed by atoms with Crippen LogP contribution in [0.3, 0.4) is 0 Å². The first-order valence-electron chi connectivity index (χ1n) is 7.30. The van der Waals surface area contributed by atoms with Gasteiger partial charge >= 0.3 is 6.18 Å². The second-order valence-corrected chi connectivity index (χ2v) is 5.63. The van der Waals surface area contributed by atoms with Gasteiger partial charge in [-0.25, -0.2) is 4.98 Å². The van der Waals surface area contributed by atoms with E-state index in [0.29, 0.717) is 13.0 Å². The number of aromatic nitrogens is 2. The Bertz CT molecular complexity index is 663. The predicted molar refractivity (Wildman–Crippen MR) is 78.9 cm³/mol. The van der Waals surface area contributed by atoms with Crippen LogP contribution in [0, 0.1) is 5.92 Å². The molecular formula is C16H16F3N3O. The number of aliphatic hydroxyl groups is 1. The van der Waals surface area contributed by atoms with Gasteiger partial charge in [-0.3, -0.25) is 4.98 Å². The van der Waals surface area contributed by atoms with Crippen LogP contribution >= 0.6 is 0 Å². The molecule has 0 amide bonds. The fraction of sp³-hybridized carbons (Fsp3) is 0.375. The van der Waals surface area contributed by atoms with Crippen LogP contribution in [0.4, 0.5) is 19.0 Å². The largest absolute Gasteiger partial charge is 0.419 e. The molecule has 0 bridgehead atoms. The zero-order chi connectivity index (χ0) is 16.4. The van der Waals surface area contributed by atoms with Crippen molar-refractivity contribution in [1.82, 2.24) is 9.97 Å². The number of halogens is 3. The number of pyridine rings is 2. The molecule has 0 aromatic carbocycles. The van der Waals surface area contributed by atoms with Crippen molar-refractivity contribution in [2.45, 2.75) is 18.7 Å². The summed E-state index contributed by atoms with van der Waals surface area (Å²) in [7, 11) is 0. The Labute approximate surface area is 131 Å². The van der Waals surface area contributed by atoms with Crippen molar-refractivity contribution in [3.8, 4) is 0 Å². The molecule has 2 atom stereocenters. The lowest BCUT2D eigenvalue weighted by atomic mass is 10.00. The van der Waals surface area contributed by atoms with Crippen molar-refractivity contribution in [2.24, 2.45) is 5.92 Å². The van der Waals surface area contributed by atoms with E-state index >= 15 is 0 Å². The average Bonchev–Trinajstić information content (AvgIpc) is 2.88. The minimum atomic E-state index is -4.46. The van der Waals surface area contributed by atoms with Gasteiger partial charge in [-0.05, 0) is 30.7 Å². The third kappa shape index (κ3) is 3.44. The van der Waals surface area contributed by atoms with Gasteiger partial charge in [0, 0.05) is 37.1 Å². The molecule has 23 heavy (non-hydrogen) atoms. The number of anilines is 1. The van der Waals surface area contributed by atoms with E-state index < -0.39 is 17.8 Å². The maximum absolute atomic E-state index is 13.1. The number of nitrogens with zero attached hydrogens (tertiary/aromatic N) is 3. The van der Waals surface area contributed by atoms with Crippen LogP contribution in [-0.2, 0) is 12.6 Å². The molecule has 1 fully saturated rings. The first kappa shape index (κ1) is 15.7. The summed E-state index contributed by atoms with van der Waals surface area (Å²) in [6.45, 7) is 0.454. The number of rotatable bonds is 3. The molecule has 1 N–H and O–H groups in total. The first-order valence-corrected chi connectivity index (χ1v) is 7.30. The summed E-state index contributed by atoms with van der Waals surface area (Å²) in [5.74, 6) is -0.296. The minimum absolute atomic E-state index is 0.123. The van der Waals surface area contributed by atoms with Crippen molar-refractivity contribution >= 4 is 5.82 Å². The quantitative estimate of drug-likeness (QED) is 0.943. The molecule has 3 rings (SSSR count). The average molecular weight is 323 g/mol. The normalized spacial score (nSPS) is 21.7. The molecule has 0 spiro atoms. The highest BCUT2D eigenvalue weighted by atomic mass is 19.4. The molecule has 0 saturated carbocycles. The standard InChI is InChI=1S/C16H16F3N3O/c17-16(18,19)13-5-3-7-21-15(13)22-9-11(14(23)10-22)8-12-4-1-2-6-20-12/h1-7,11,14,23H,8-10H2/t11-,14-/m1/s1. The van der Waals surface area contributed by atoms with Crippen LogP contribution in [0.15, 0.2) is 42.7 Å². The van der Waals surface area contributed by atoms with Crippen molar-refractivity contribution in [2.75, 3.05) is 18.0 Å². The highest BCUT2D eigenvalue weighted by Crippen LogP contribution is 2.37. The molecule has 1 aliphatic rings. The fourth-order valence-corrected chi connectivity index (χ4v) is 2.89. The Morgan fingerprint density at radius 1 is 1.09 bits per heavy atom. The summed E-state index contributed by atoms with van der Waals surface area (Å²) >= 11 is 0. The second kappa shape index (κ2) is 6.16. The summed E-state index contributed by atoms with van der Waals surface area (Å²) in [4.78, 5) is 9.59. The molecule has 2 aromatic rings. The van der Waals surface area contributed by atoms with E-state index in [1.807, 2.05) is 12.1 Å². The summed E-state index contributed by atoms with van der Waals surface area (Å²) < 4.78 is 39.3. The molecule has 0 radical (unpaired) electrons. The summed E-state index contributed by atoms with van der Waals surface area (Å²) in [6.07, 6.45) is -1.65. The molecular weight excluding hydrogens is 307 g/mol. The van der Waals surface area contributed by atoms with Crippen LogP contribution in [-0.4, -0.2) is 34.3 Å². The van der Waals surface area contributed by atoms with E-state index in [-0.39, 0.29) is 18.3 Å². The van der Waals surface area contributed by atoms with Gasteiger partial charge in [0.2, 0.25) is 0 Å². The third-order valence-electron chi connectivity index (χ3n) is 4.00. The van der Waals surface area contributed by atoms with Crippen LogP contribution in [0.2, 0.25) is 0 Å². The summed E-state index contributed by atoms with van der Waals surface area (Å²) in [5.41, 5.74) is 0.0427. The molecule has 0 unspecified atom stereocenters. The highest BCUT2D eigenvalue weighted by Gasteiger charge is 2.39. The zero-order valence-electron chi connectivity index (χ0n) is 12.2. The summed E-state index contributed by atoms with van der Waals surface area (Å²) in [5, 5.41) is 10.2. The lowest BCUT2D eigenvalue weighted by molar-refractivity contribution is -0.137. The van der Waals surface area contributed by atoms with Crippen LogP contribution in [0.25, 0.3) is 0 Å². The van der Waals surface area contributed by atoms with Crippen LogP contribution in [0.1, 0.15) is 11.3 Å². The van der Waals surface area contributed by atoms with Gasteiger partial charge in [-0.1, -0.05) is 6.07 Å². The maximum Gasteiger partial charge on any atom is 0.419 e. The number of alkyl halides is 3. The topological polar surface area (TPSA) is 49.2 Å². The Balaban J connectivity index is 1.79. The molecule has 4 nitrogen and oxygen atoms in total. The first-order chi connectivity index (χ1) is 10.9. The fourth-order valence-electron chi connectivity index (χ4n) is 2.89. The van der Waals surface area contributed by atoms with Crippen LogP contribution < -0.4 is 4.90 Å².